The van der Waals surface area contributed by atoms with Crippen LogP contribution in [-0.2, 0) is 13.5 Å². The summed E-state index contributed by atoms with van der Waals surface area (Å²) in [5.74, 6) is 0.509. The molecule has 0 saturated heterocycles. The van der Waals surface area contributed by atoms with Crippen molar-refractivity contribution in [3.63, 3.8) is 0 Å². The Morgan fingerprint density at radius 2 is 2.33 bits per heavy atom. The van der Waals surface area contributed by atoms with E-state index in [-0.39, 0.29) is 12.2 Å². The van der Waals surface area contributed by atoms with Crippen molar-refractivity contribution in [1.29, 1.82) is 0 Å². The van der Waals surface area contributed by atoms with Crippen LogP contribution in [0.4, 0.5) is 0 Å². The average molecular weight is 222 g/mol. The number of ketones is 1. The van der Waals surface area contributed by atoms with Gasteiger partial charge in [0.25, 0.3) is 0 Å². The topological polar surface area (TPSA) is 60.7 Å². The van der Waals surface area contributed by atoms with Gasteiger partial charge in [-0.1, -0.05) is 0 Å². The molecule has 0 spiro atoms. The number of carbonyl (C=O) groups excluding carboxylic acids is 1. The van der Waals surface area contributed by atoms with Crippen LogP contribution in [0.25, 0.3) is 0 Å². The standard InChI is InChI=1S/C9H10N4OS/c1-6-4-15-5-7(6)8(14)3-9-10-12-13(2)11-9/h4-5H,3H2,1-2H3. The van der Waals surface area contributed by atoms with Gasteiger partial charge in [0.1, 0.15) is 0 Å². The minimum Gasteiger partial charge on any atom is -0.294 e. The molecule has 78 valence electrons. The summed E-state index contributed by atoms with van der Waals surface area (Å²) >= 11 is 1.53. The molecule has 0 bridgehead atoms. The Morgan fingerprint density at radius 3 is 2.87 bits per heavy atom. The van der Waals surface area contributed by atoms with Gasteiger partial charge in [-0.15, -0.1) is 10.2 Å². The molecule has 0 aliphatic rings. The molecule has 0 fully saturated rings. The molecule has 2 aromatic rings. The summed E-state index contributed by atoms with van der Waals surface area (Å²) in [6, 6.07) is 0. The highest BCUT2D eigenvalue weighted by Crippen LogP contribution is 2.15. The number of aromatic nitrogens is 4. The second-order valence-electron chi connectivity index (χ2n) is 3.26. The molecule has 0 saturated carbocycles. The molecule has 2 rings (SSSR count). The van der Waals surface area contributed by atoms with Gasteiger partial charge in [0.05, 0.1) is 13.5 Å². The second kappa shape index (κ2) is 3.90. The van der Waals surface area contributed by atoms with Gasteiger partial charge in [0.15, 0.2) is 11.6 Å². The third-order valence-corrected chi connectivity index (χ3v) is 2.89. The summed E-state index contributed by atoms with van der Waals surface area (Å²) in [7, 11) is 1.68. The summed E-state index contributed by atoms with van der Waals surface area (Å²) in [5.41, 5.74) is 1.77. The van der Waals surface area contributed by atoms with Gasteiger partial charge in [-0.25, -0.2) is 0 Å². The van der Waals surface area contributed by atoms with Crippen LogP contribution < -0.4 is 0 Å². The van der Waals surface area contributed by atoms with Gasteiger partial charge in [0, 0.05) is 10.9 Å². The fraction of sp³-hybridized carbons (Fsp3) is 0.333. The molecular weight excluding hydrogens is 212 g/mol. The molecule has 0 atom stereocenters. The molecule has 0 amide bonds. The lowest BCUT2D eigenvalue weighted by Crippen LogP contribution is -2.05. The van der Waals surface area contributed by atoms with E-state index in [1.165, 1.54) is 16.1 Å². The summed E-state index contributed by atoms with van der Waals surface area (Å²) in [5, 5.41) is 15.2. The van der Waals surface area contributed by atoms with Gasteiger partial charge in [-0.05, 0) is 23.1 Å². The fourth-order valence-corrected chi connectivity index (χ4v) is 2.13. The molecule has 2 aromatic heterocycles. The summed E-state index contributed by atoms with van der Waals surface area (Å²) in [6.07, 6.45) is 0.214. The number of carbonyl (C=O) groups is 1. The van der Waals surface area contributed by atoms with Crippen LogP contribution in [0.1, 0.15) is 21.7 Å². The van der Waals surface area contributed by atoms with Crippen molar-refractivity contribution >= 4 is 17.1 Å². The van der Waals surface area contributed by atoms with Crippen LogP contribution in [0.15, 0.2) is 10.8 Å². The van der Waals surface area contributed by atoms with Gasteiger partial charge in [-0.2, -0.15) is 16.1 Å². The largest absolute Gasteiger partial charge is 0.294 e. The smallest absolute Gasteiger partial charge is 0.182 e. The maximum absolute atomic E-state index is 11.8. The molecule has 0 N–H and O–H groups in total. The van der Waals surface area contributed by atoms with E-state index in [4.69, 9.17) is 0 Å². The number of thiophene rings is 1. The third kappa shape index (κ3) is 2.10. The van der Waals surface area contributed by atoms with Crippen molar-refractivity contribution in [2.75, 3.05) is 0 Å². The van der Waals surface area contributed by atoms with E-state index in [0.29, 0.717) is 5.82 Å². The van der Waals surface area contributed by atoms with Crippen molar-refractivity contribution in [1.82, 2.24) is 20.2 Å². The van der Waals surface area contributed by atoms with Crippen molar-refractivity contribution in [2.45, 2.75) is 13.3 Å². The maximum Gasteiger partial charge on any atom is 0.182 e. The van der Waals surface area contributed by atoms with Crippen molar-refractivity contribution in [3.8, 4) is 0 Å². The zero-order valence-corrected chi connectivity index (χ0v) is 9.28. The summed E-state index contributed by atoms with van der Waals surface area (Å²) < 4.78 is 0. The zero-order chi connectivity index (χ0) is 10.8. The molecular formula is C9H10N4OS. The van der Waals surface area contributed by atoms with E-state index < -0.39 is 0 Å². The first-order valence-corrected chi connectivity index (χ1v) is 5.40. The molecule has 0 aromatic carbocycles. The van der Waals surface area contributed by atoms with Crippen LogP contribution >= 0.6 is 11.3 Å². The third-order valence-electron chi connectivity index (χ3n) is 2.02. The highest BCUT2D eigenvalue weighted by atomic mass is 32.1. The Labute approximate surface area is 90.7 Å². The van der Waals surface area contributed by atoms with E-state index in [2.05, 4.69) is 15.4 Å². The van der Waals surface area contributed by atoms with Crippen molar-refractivity contribution in [3.05, 3.63) is 27.7 Å². The van der Waals surface area contributed by atoms with E-state index in [1.54, 1.807) is 7.05 Å². The number of tetrazole rings is 1. The molecule has 5 nitrogen and oxygen atoms in total. The predicted octanol–water partition coefficient (Wildman–Crippen LogP) is 1.01. The molecule has 0 unspecified atom stereocenters. The SMILES string of the molecule is Cc1cscc1C(=O)Cc1nnn(C)n1. The number of aryl methyl sites for hydroxylation is 2. The van der Waals surface area contributed by atoms with Crippen LogP contribution in [-0.4, -0.2) is 26.0 Å². The van der Waals surface area contributed by atoms with E-state index in [1.807, 2.05) is 17.7 Å². The fourth-order valence-electron chi connectivity index (χ4n) is 1.28. The molecule has 0 radical (unpaired) electrons. The van der Waals surface area contributed by atoms with Gasteiger partial charge in [-0.3, -0.25) is 4.79 Å². The predicted molar refractivity (Wildman–Crippen MR) is 55.9 cm³/mol. The second-order valence-corrected chi connectivity index (χ2v) is 4.01. The zero-order valence-electron chi connectivity index (χ0n) is 8.47. The number of hydrogen-bond donors (Lipinski definition) is 0. The van der Waals surface area contributed by atoms with E-state index >= 15 is 0 Å². The quantitative estimate of drug-likeness (QED) is 0.727. The summed E-state index contributed by atoms with van der Waals surface area (Å²) in [6.45, 7) is 1.92. The Kier molecular flexibility index (Phi) is 2.59. The Balaban J connectivity index is 2.14. The Bertz CT molecular complexity index is 488. The number of nitrogens with zero attached hydrogens (tertiary/aromatic N) is 4. The highest BCUT2D eigenvalue weighted by molar-refractivity contribution is 7.08. The first-order chi connectivity index (χ1) is 7.16. The first kappa shape index (κ1) is 9.97. The summed E-state index contributed by atoms with van der Waals surface area (Å²) in [4.78, 5) is 13.1. The average Bonchev–Trinajstić information content (AvgIpc) is 2.75. The minimum atomic E-state index is 0.0433. The Hall–Kier alpha value is -1.56. The molecule has 6 heteroatoms. The van der Waals surface area contributed by atoms with E-state index in [9.17, 15) is 4.79 Å². The lowest BCUT2D eigenvalue weighted by atomic mass is 10.1. The van der Waals surface area contributed by atoms with Crippen LogP contribution in [0.3, 0.4) is 0 Å². The lowest BCUT2D eigenvalue weighted by Gasteiger charge is -1.95. The maximum atomic E-state index is 11.8. The van der Waals surface area contributed by atoms with Crippen molar-refractivity contribution < 1.29 is 4.79 Å². The van der Waals surface area contributed by atoms with Gasteiger partial charge in [0.2, 0.25) is 0 Å². The number of Topliss-reactive ketones (excluding diaryl/α,β-unsaturated/α-hetero) is 1. The van der Waals surface area contributed by atoms with Crippen LogP contribution in [0.2, 0.25) is 0 Å². The first-order valence-electron chi connectivity index (χ1n) is 4.45. The van der Waals surface area contributed by atoms with Crippen molar-refractivity contribution in [2.24, 2.45) is 7.05 Å². The number of rotatable bonds is 3. The van der Waals surface area contributed by atoms with E-state index in [0.717, 1.165) is 11.1 Å². The molecule has 2 heterocycles. The molecule has 0 aliphatic heterocycles. The number of hydrogen-bond acceptors (Lipinski definition) is 5. The van der Waals surface area contributed by atoms with Gasteiger partial charge < -0.3 is 0 Å². The minimum absolute atomic E-state index is 0.0433. The monoisotopic (exact) mass is 222 g/mol. The van der Waals surface area contributed by atoms with Gasteiger partial charge >= 0.3 is 0 Å². The molecule has 0 aliphatic carbocycles. The van der Waals surface area contributed by atoms with Crippen LogP contribution in [0, 0.1) is 6.92 Å². The van der Waals surface area contributed by atoms with Crippen LogP contribution in [0.5, 0.6) is 0 Å². The molecule has 15 heavy (non-hydrogen) atoms. The lowest BCUT2D eigenvalue weighted by molar-refractivity contribution is 0.0990. The highest BCUT2D eigenvalue weighted by Gasteiger charge is 2.13. The normalized spacial score (nSPS) is 10.5. The Morgan fingerprint density at radius 1 is 1.53 bits per heavy atom.